The van der Waals surface area contributed by atoms with E-state index in [9.17, 15) is 0 Å². The van der Waals surface area contributed by atoms with Crippen LogP contribution in [0.1, 0.15) is 0 Å². The van der Waals surface area contributed by atoms with Gasteiger partial charge in [0.05, 0.1) is 6.35 Å². The van der Waals surface area contributed by atoms with Crippen LogP contribution in [0.4, 0.5) is 0 Å². The van der Waals surface area contributed by atoms with Gasteiger partial charge in [0.25, 0.3) is 0 Å². The molecule has 4 heavy (non-hydrogen) atoms. The van der Waals surface area contributed by atoms with Crippen LogP contribution in [0.2, 0.25) is 0 Å². The molecule has 1 nitrogen and oxygen atoms in total. The Labute approximate surface area is 31.5 Å². The Morgan fingerprint density at radius 2 is 2.25 bits per heavy atom. The van der Waals surface area contributed by atoms with Crippen LogP contribution in [-0.2, 0) is 11.8 Å². The van der Waals surface area contributed by atoms with E-state index in [1.54, 1.807) is 0 Å². The molecule has 0 fully saturated rings. The SMILES string of the molecule is OC[PH2]=S. The number of hydrogen-bond donors (Lipinski definition) is 1. The molecule has 0 saturated carbocycles. The zero-order valence-electron chi connectivity index (χ0n) is 2.14. The summed E-state index contributed by atoms with van der Waals surface area (Å²) < 4.78 is 0. The van der Waals surface area contributed by atoms with Gasteiger partial charge in [-0.1, -0.05) is 0 Å². The Kier molecular flexibility index (Phi) is 4.16. The summed E-state index contributed by atoms with van der Waals surface area (Å²) in [5.41, 5.74) is 0. The summed E-state index contributed by atoms with van der Waals surface area (Å²) in [6, 6.07) is 0. The van der Waals surface area contributed by atoms with Crippen molar-refractivity contribution >= 4 is 19.2 Å². The molecule has 0 aromatic heterocycles. The second kappa shape index (κ2) is 3.61. The first-order valence-electron chi connectivity index (χ1n) is 0.960. The largest absolute Gasteiger partial charge is 0.392 e. The van der Waals surface area contributed by atoms with Crippen LogP contribution in [-0.4, -0.2) is 11.5 Å². The van der Waals surface area contributed by atoms with Crippen molar-refractivity contribution in [2.45, 2.75) is 0 Å². The molecule has 0 aromatic carbocycles. The van der Waals surface area contributed by atoms with Gasteiger partial charge in [-0.3, -0.25) is 0 Å². The molecular weight excluding hydrogens is 91.1 g/mol. The van der Waals surface area contributed by atoms with E-state index >= 15 is 0 Å². The van der Waals surface area contributed by atoms with E-state index in [1.807, 2.05) is 0 Å². The van der Waals surface area contributed by atoms with Gasteiger partial charge in [-0.15, -0.1) is 11.8 Å². The average molecular weight is 96.1 g/mol. The molecule has 0 rings (SSSR count). The first kappa shape index (κ1) is 4.61. The maximum Gasteiger partial charge on any atom is 0.0665 e. The lowest BCUT2D eigenvalue weighted by Gasteiger charge is -1.59. The minimum absolute atomic E-state index is 0.0787. The molecular formula is CH5OPS. The molecule has 0 saturated heterocycles. The molecule has 0 radical (unpaired) electrons. The van der Waals surface area contributed by atoms with Crippen molar-refractivity contribution in [1.29, 1.82) is 0 Å². The minimum Gasteiger partial charge on any atom is -0.392 e. The summed E-state index contributed by atoms with van der Waals surface area (Å²) in [5.74, 6) is 0. The Morgan fingerprint density at radius 1 is 2.00 bits per heavy atom. The Morgan fingerprint density at radius 3 is 2.25 bits per heavy atom. The predicted octanol–water partition coefficient (Wildman–Crippen LogP) is -0.191. The van der Waals surface area contributed by atoms with Gasteiger partial charge in [-0.05, 0) is 7.36 Å². The van der Waals surface area contributed by atoms with Crippen molar-refractivity contribution in [1.82, 2.24) is 0 Å². The highest BCUT2D eigenvalue weighted by atomic mass is 32.4. The zero-order valence-corrected chi connectivity index (χ0v) is 4.11. The number of rotatable bonds is 1. The number of aliphatic hydroxyl groups excluding tert-OH is 1. The molecule has 3 heteroatoms. The van der Waals surface area contributed by atoms with Crippen molar-refractivity contribution in [2.75, 3.05) is 6.35 Å². The summed E-state index contributed by atoms with van der Waals surface area (Å²) in [6.45, 7) is 0. The molecule has 1 unspecified atom stereocenters. The van der Waals surface area contributed by atoms with Crippen molar-refractivity contribution in [3.63, 3.8) is 0 Å². The van der Waals surface area contributed by atoms with Crippen molar-refractivity contribution in [2.24, 2.45) is 0 Å². The number of hydrogen-bond acceptors (Lipinski definition) is 2. The molecule has 0 aliphatic carbocycles. The van der Waals surface area contributed by atoms with Crippen LogP contribution in [0, 0.1) is 0 Å². The van der Waals surface area contributed by atoms with Crippen LogP contribution in [0.3, 0.4) is 0 Å². The normalized spacial score (nSPS) is 10.2. The predicted molar refractivity (Wildman–Crippen MR) is 24.2 cm³/mol. The summed E-state index contributed by atoms with van der Waals surface area (Å²) in [4.78, 5) is 0. The van der Waals surface area contributed by atoms with Crippen LogP contribution in [0.5, 0.6) is 0 Å². The third kappa shape index (κ3) is 2.61. The lowest BCUT2D eigenvalue weighted by atomic mass is 11.7. The Balaban J connectivity index is 2.30. The van der Waals surface area contributed by atoms with Crippen LogP contribution >= 0.6 is 7.36 Å². The van der Waals surface area contributed by atoms with Gasteiger partial charge in [-0.2, -0.15) is 0 Å². The molecule has 0 aromatic rings. The fourth-order valence-corrected chi connectivity index (χ4v) is 0. The minimum atomic E-state index is -0.0787. The van der Waals surface area contributed by atoms with E-state index < -0.39 is 0 Å². The molecule has 0 amide bonds. The second-order valence-corrected chi connectivity index (χ2v) is 2.05. The molecule has 0 aliphatic heterocycles. The van der Waals surface area contributed by atoms with Gasteiger partial charge in [-0.25, -0.2) is 0 Å². The molecule has 1 N–H and O–H groups in total. The van der Waals surface area contributed by atoms with Gasteiger partial charge in [0.1, 0.15) is 0 Å². The summed E-state index contributed by atoms with van der Waals surface area (Å²) in [6.07, 6.45) is 0.218. The fraction of sp³-hybridized carbons (Fsp3) is 1.00. The first-order chi connectivity index (χ1) is 1.91. The summed E-state index contributed by atoms with van der Waals surface area (Å²) in [7, 11) is -0.0787. The lowest BCUT2D eigenvalue weighted by molar-refractivity contribution is 0.374. The highest BCUT2D eigenvalue weighted by molar-refractivity contribution is 7.96. The molecule has 0 spiro atoms. The fourth-order valence-electron chi connectivity index (χ4n) is 0. The van der Waals surface area contributed by atoms with Gasteiger partial charge in [0.15, 0.2) is 0 Å². The molecule has 0 aliphatic rings. The zero-order chi connectivity index (χ0) is 3.41. The maximum atomic E-state index is 7.81. The third-order valence-corrected chi connectivity index (χ3v) is 0.671. The highest BCUT2D eigenvalue weighted by Gasteiger charge is 1.46. The van der Waals surface area contributed by atoms with E-state index in [-0.39, 0.29) is 13.7 Å². The summed E-state index contributed by atoms with van der Waals surface area (Å²) in [5, 5.41) is 7.81. The molecule has 1 atom stereocenters. The third-order valence-electron chi connectivity index (χ3n) is 0.0745. The lowest BCUT2D eigenvalue weighted by Crippen LogP contribution is -1.51. The topological polar surface area (TPSA) is 20.2 Å². The smallest absolute Gasteiger partial charge is 0.0665 e. The highest BCUT2D eigenvalue weighted by Crippen LogP contribution is 1.80. The quantitative estimate of drug-likeness (QED) is 0.456. The first-order valence-corrected chi connectivity index (χ1v) is 3.66. The Bertz CT molecular complexity index is 22.0. The van der Waals surface area contributed by atoms with E-state index in [2.05, 4.69) is 11.8 Å². The number of aliphatic hydroxyl groups is 1. The molecule has 0 bridgehead atoms. The second-order valence-electron chi connectivity index (χ2n) is 0.349. The molecule has 0 heterocycles. The van der Waals surface area contributed by atoms with Crippen LogP contribution in [0.25, 0.3) is 0 Å². The van der Waals surface area contributed by atoms with Crippen molar-refractivity contribution in [3.05, 3.63) is 0 Å². The van der Waals surface area contributed by atoms with E-state index in [0.29, 0.717) is 0 Å². The Hall–Kier alpha value is 0.610. The maximum absolute atomic E-state index is 7.81. The summed E-state index contributed by atoms with van der Waals surface area (Å²) >= 11 is 4.39. The van der Waals surface area contributed by atoms with Gasteiger partial charge < -0.3 is 5.11 Å². The van der Waals surface area contributed by atoms with Gasteiger partial charge >= 0.3 is 0 Å². The van der Waals surface area contributed by atoms with Gasteiger partial charge in [0.2, 0.25) is 0 Å². The average Bonchev–Trinajstić information content (AvgIpc) is 1.37. The molecule has 26 valence electrons. The van der Waals surface area contributed by atoms with E-state index in [1.165, 1.54) is 0 Å². The van der Waals surface area contributed by atoms with Crippen LogP contribution in [0.15, 0.2) is 0 Å². The van der Waals surface area contributed by atoms with Crippen LogP contribution < -0.4 is 0 Å². The van der Waals surface area contributed by atoms with E-state index in [4.69, 9.17) is 5.11 Å². The standard InChI is InChI=1S/CH5OPS/c2-1-3-4/h2H,1,3H2. The van der Waals surface area contributed by atoms with Gasteiger partial charge in [0, 0.05) is 0 Å². The van der Waals surface area contributed by atoms with Crippen molar-refractivity contribution < 1.29 is 5.11 Å². The van der Waals surface area contributed by atoms with E-state index in [0.717, 1.165) is 0 Å². The monoisotopic (exact) mass is 96.0 g/mol. The van der Waals surface area contributed by atoms with Crippen molar-refractivity contribution in [3.8, 4) is 0 Å².